The SMILES string of the molecule is C=C1C[C@@H](CC)C(=O)[C@H](CC)C1. The number of allylic oxidation sites excluding steroid dienone is 1. The Morgan fingerprint density at radius 3 is 2.00 bits per heavy atom. The molecule has 1 rings (SSSR count). The summed E-state index contributed by atoms with van der Waals surface area (Å²) in [6, 6.07) is 0. The Bertz CT molecular complexity index is 175. The van der Waals surface area contributed by atoms with Crippen LogP contribution in [0, 0.1) is 11.8 Å². The van der Waals surface area contributed by atoms with E-state index in [0.29, 0.717) is 5.78 Å². The Morgan fingerprint density at radius 2 is 1.67 bits per heavy atom. The number of ketones is 1. The van der Waals surface area contributed by atoms with Crippen LogP contribution in [0.2, 0.25) is 0 Å². The van der Waals surface area contributed by atoms with E-state index in [-0.39, 0.29) is 11.8 Å². The molecule has 0 unspecified atom stereocenters. The predicted molar refractivity (Wildman–Crippen MR) is 50.9 cm³/mol. The second-order valence-corrected chi connectivity index (χ2v) is 3.77. The molecule has 2 atom stereocenters. The third-order valence-electron chi connectivity index (χ3n) is 2.86. The van der Waals surface area contributed by atoms with Crippen molar-refractivity contribution in [1.82, 2.24) is 0 Å². The fourth-order valence-corrected chi connectivity index (χ4v) is 2.01. The molecular weight excluding hydrogens is 148 g/mol. The van der Waals surface area contributed by atoms with Gasteiger partial charge in [0.05, 0.1) is 0 Å². The molecule has 0 bridgehead atoms. The minimum atomic E-state index is 0.274. The quantitative estimate of drug-likeness (QED) is 0.576. The number of rotatable bonds is 2. The number of carbonyl (C=O) groups is 1. The highest BCUT2D eigenvalue weighted by atomic mass is 16.1. The van der Waals surface area contributed by atoms with Crippen molar-refractivity contribution in [3.63, 3.8) is 0 Å². The molecule has 1 heteroatoms. The van der Waals surface area contributed by atoms with E-state index in [4.69, 9.17) is 0 Å². The molecule has 1 aliphatic carbocycles. The molecule has 0 spiro atoms. The Labute approximate surface area is 74.9 Å². The lowest BCUT2D eigenvalue weighted by Crippen LogP contribution is -2.28. The number of hydrogen-bond acceptors (Lipinski definition) is 1. The van der Waals surface area contributed by atoms with Crippen molar-refractivity contribution in [1.29, 1.82) is 0 Å². The van der Waals surface area contributed by atoms with Crippen LogP contribution < -0.4 is 0 Å². The molecule has 68 valence electrons. The van der Waals surface area contributed by atoms with Gasteiger partial charge in [0.15, 0.2) is 0 Å². The largest absolute Gasteiger partial charge is 0.299 e. The van der Waals surface area contributed by atoms with E-state index in [2.05, 4.69) is 20.4 Å². The van der Waals surface area contributed by atoms with E-state index in [9.17, 15) is 4.79 Å². The van der Waals surface area contributed by atoms with Gasteiger partial charge < -0.3 is 0 Å². The summed E-state index contributed by atoms with van der Waals surface area (Å²) >= 11 is 0. The van der Waals surface area contributed by atoms with Gasteiger partial charge in [-0.25, -0.2) is 0 Å². The molecule has 1 saturated carbocycles. The van der Waals surface area contributed by atoms with Crippen LogP contribution in [0.15, 0.2) is 12.2 Å². The molecule has 0 aromatic carbocycles. The van der Waals surface area contributed by atoms with Gasteiger partial charge in [0, 0.05) is 11.8 Å². The van der Waals surface area contributed by atoms with Crippen LogP contribution in [0.3, 0.4) is 0 Å². The molecule has 1 fully saturated rings. The summed E-state index contributed by atoms with van der Waals surface area (Å²) in [5.41, 5.74) is 1.27. The highest BCUT2D eigenvalue weighted by Crippen LogP contribution is 2.32. The van der Waals surface area contributed by atoms with Crippen LogP contribution in [-0.4, -0.2) is 5.78 Å². The Kier molecular flexibility index (Phi) is 3.07. The van der Waals surface area contributed by atoms with Crippen molar-refractivity contribution in [3.05, 3.63) is 12.2 Å². The summed E-state index contributed by atoms with van der Waals surface area (Å²) in [5, 5.41) is 0. The molecule has 0 N–H and O–H groups in total. The van der Waals surface area contributed by atoms with Gasteiger partial charge in [0.2, 0.25) is 0 Å². The van der Waals surface area contributed by atoms with Crippen molar-refractivity contribution < 1.29 is 4.79 Å². The van der Waals surface area contributed by atoms with Gasteiger partial charge in [-0.15, -0.1) is 0 Å². The average molecular weight is 166 g/mol. The van der Waals surface area contributed by atoms with Gasteiger partial charge in [0.1, 0.15) is 5.78 Å². The topological polar surface area (TPSA) is 17.1 Å². The van der Waals surface area contributed by atoms with Crippen molar-refractivity contribution in [2.24, 2.45) is 11.8 Å². The van der Waals surface area contributed by atoms with E-state index in [1.165, 1.54) is 5.57 Å². The molecule has 1 nitrogen and oxygen atoms in total. The highest BCUT2D eigenvalue weighted by Gasteiger charge is 2.30. The summed E-state index contributed by atoms with van der Waals surface area (Å²) in [7, 11) is 0. The summed E-state index contributed by atoms with van der Waals surface area (Å²) in [6.07, 6.45) is 3.83. The minimum absolute atomic E-state index is 0.274. The maximum Gasteiger partial charge on any atom is 0.139 e. The van der Waals surface area contributed by atoms with Crippen molar-refractivity contribution >= 4 is 5.78 Å². The fourth-order valence-electron chi connectivity index (χ4n) is 2.01. The second-order valence-electron chi connectivity index (χ2n) is 3.77. The monoisotopic (exact) mass is 166 g/mol. The second kappa shape index (κ2) is 3.88. The van der Waals surface area contributed by atoms with Gasteiger partial charge in [0.25, 0.3) is 0 Å². The van der Waals surface area contributed by atoms with Crippen molar-refractivity contribution in [2.45, 2.75) is 39.5 Å². The Balaban J connectivity index is 2.67. The van der Waals surface area contributed by atoms with Crippen LogP contribution in [0.25, 0.3) is 0 Å². The first kappa shape index (κ1) is 9.50. The van der Waals surface area contributed by atoms with E-state index < -0.39 is 0 Å². The van der Waals surface area contributed by atoms with Crippen LogP contribution in [-0.2, 0) is 4.79 Å². The maximum absolute atomic E-state index is 11.7. The molecule has 0 aromatic rings. The van der Waals surface area contributed by atoms with Crippen molar-refractivity contribution in [2.75, 3.05) is 0 Å². The molecule has 0 saturated heterocycles. The van der Waals surface area contributed by atoms with Gasteiger partial charge in [-0.2, -0.15) is 0 Å². The lowest BCUT2D eigenvalue weighted by atomic mass is 9.76. The Morgan fingerprint density at radius 1 is 1.25 bits per heavy atom. The average Bonchev–Trinajstić information content (AvgIpc) is 2.08. The number of hydrogen-bond donors (Lipinski definition) is 0. The normalized spacial score (nSPS) is 30.8. The summed E-state index contributed by atoms with van der Waals surface area (Å²) in [6.45, 7) is 8.18. The summed E-state index contributed by atoms with van der Waals surface area (Å²) < 4.78 is 0. The van der Waals surface area contributed by atoms with Gasteiger partial charge in [-0.05, 0) is 25.7 Å². The van der Waals surface area contributed by atoms with E-state index in [1.54, 1.807) is 0 Å². The van der Waals surface area contributed by atoms with Gasteiger partial charge in [-0.1, -0.05) is 26.0 Å². The van der Waals surface area contributed by atoms with Gasteiger partial charge in [-0.3, -0.25) is 4.79 Å². The predicted octanol–water partition coefficient (Wildman–Crippen LogP) is 2.96. The molecular formula is C11H18O. The van der Waals surface area contributed by atoms with Crippen LogP contribution in [0.1, 0.15) is 39.5 Å². The van der Waals surface area contributed by atoms with Gasteiger partial charge >= 0.3 is 0 Å². The smallest absolute Gasteiger partial charge is 0.139 e. The summed E-state index contributed by atoms with van der Waals surface area (Å²) in [4.78, 5) is 11.7. The first-order valence-electron chi connectivity index (χ1n) is 4.89. The maximum atomic E-state index is 11.7. The lowest BCUT2D eigenvalue weighted by Gasteiger charge is -2.27. The first-order valence-corrected chi connectivity index (χ1v) is 4.89. The third-order valence-corrected chi connectivity index (χ3v) is 2.86. The zero-order chi connectivity index (χ0) is 9.14. The van der Waals surface area contributed by atoms with E-state index >= 15 is 0 Å². The molecule has 1 aliphatic rings. The number of Topliss-reactive ketones (excluding diaryl/α,β-unsaturated/α-hetero) is 1. The molecule has 0 radical (unpaired) electrons. The van der Waals surface area contributed by atoms with Crippen molar-refractivity contribution in [3.8, 4) is 0 Å². The standard InChI is InChI=1S/C11H18O/c1-4-9-6-8(3)7-10(5-2)11(9)12/h9-10H,3-7H2,1-2H3/t9-,10-/m1/s1. The zero-order valence-corrected chi connectivity index (χ0v) is 8.10. The minimum Gasteiger partial charge on any atom is -0.299 e. The first-order chi connectivity index (χ1) is 5.69. The molecule has 0 amide bonds. The van der Waals surface area contributed by atoms with Crippen LogP contribution in [0.5, 0.6) is 0 Å². The number of carbonyl (C=O) groups excluding carboxylic acids is 1. The summed E-state index contributed by atoms with van der Waals surface area (Å²) in [5.74, 6) is 1.03. The Hall–Kier alpha value is -0.590. The fraction of sp³-hybridized carbons (Fsp3) is 0.727. The van der Waals surface area contributed by atoms with Crippen LogP contribution in [0.4, 0.5) is 0 Å². The third kappa shape index (κ3) is 1.77. The molecule has 0 heterocycles. The molecule has 0 aliphatic heterocycles. The highest BCUT2D eigenvalue weighted by molar-refractivity contribution is 5.85. The lowest BCUT2D eigenvalue weighted by molar-refractivity contribution is -0.128. The molecule has 12 heavy (non-hydrogen) atoms. The van der Waals surface area contributed by atoms with Crippen LogP contribution >= 0.6 is 0 Å². The van der Waals surface area contributed by atoms with E-state index in [1.807, 2.05) is 0 Å². The van der Waals surface area contributed by atoms with E-state index in [0.717, 1.165) is 25.7 Å². The zero-order valence-electron chi connectivity index (χ0n) is 8.10. The molecule has 0 aromatic heterocycles.